The number of hydrogen-bond acceptors (Lipinski definition) is 2. The summed E-state index contributed by atoms with van der Waals surface area (Å²) in [4.78, 5) is 11.5. The van der Waals surface area contributed by atoms with Gasteiger partial charge in [0.05, 0.1) is 12.0 Å². The van der Waals surface area contributed by atoms with E-state index in [1.165, 1.54) is 0 Å². The summed E-state index contributed by atoms with van der Waals surface area (Å²) < 4.78 is 6.14. The number of halogens is 1. The molecule has 3 nitrogen and oxygen atoms in total. The van der Waals surface area contributed by atoms with E-state index in [0.717, 1.165) is 23.7 Å². The SMILES string of the molecule is C=C(Br)CNC(=O)CC1(OC)CCC1. The molecule has 0 aromatic heterocycles. The molecule has 0 aliphatic heterocycles. The van der Waals surface area contributed by atoms with E-state index in [1.54, 1.807) is 7.11 Å². The van der Waals surface area contributed by atoms with Crippen LogP contribution in [0.5, 0.6) is 0 Å². The number of amides is 1. The van der Waals surface area contributed by atoms with Crippen molar-refractivity contribution >= 4 is 21.8 Å². The summed E-state index contributed by atoms with van der Waals surface area (Å²) >= 11 is 3.19. The van der Waals surface area contributed by atoms with Gasteiger partial charge in [-0.3, -0.25) is 4.79 Å². The molecule has 0 saturated heterocycles. The summed E-state index contributed by atoms with van der Waals surface area (Å²) in [5, 5.41) is 2.77. The van der Waals surface area contributed by atoms with Crippen LogP contribution in [0.25, 0.3) is 0 Å². The van der Waals surface area contributed by atoms with Gasteiger partial charge in [0.1, 0.15) is 0 Å². The van der Waals surface area contributed by atoms with Gasteiger partial charge in [-0.25, -0.2) is 0 Å². The minimum absolute atomic E-state index is 0.0344. The molecular formula is C10H16BrNO2. The lowest BCUT2D eigenvalue weighted by Gasteiger charge is -2.39. The first kappa shape index (κ1) is 11.7. The molecule has 1 rings (SSSR count). The van der Waals surface area contributed by atoms with Crippen molar-refractivity contribution < 1.29 is 9.53 Å². The predicted molar refractivity (Wildman–Crippen MR) is 59.3 cm³/mol. The second-order valence-electron chi connectivity index (χ2n) is 3.71. The van der Waals surface area contributed by atoms with Crippen molar-refractivity contribution in [2.24, 2.45) is 0 Å². The summed E-state index contributed by atoms with van der Waals surface area (Å²) in [7, 11) is 1.68. The van der Waals surface area contributed by atoms with Crippen LogP contribution in [0.15, 0.2) is 11.1 Å². The fourth-order valence-electron chi connectivity index (χ4n) is 1.57. The van der Waals surface area contributed by atoms with E-state index in [1.807, 2.05) is 0 Å². The highest BCUT2D eigenvalue weighted by Crippen LogP contribution is 2.37. The van der Waals surface area contributed by atoms with E-state index >= 15 is 0 Å². The van der Waals surface area contributed by atoms with Gasteiger partial charge in [-0.15, -0.1) is 0 Å². The Labute approximate surface area is 93.0 Å². The Morgan fingerprint density at radius 1 is 1.64 bits per heavy atom. The lowest BCUT2D eigenvalue weighted by Crippen LogP contribution is -2.44. The molecule has 0 heterocycles. The number of carbonyl (C=O) groups excluding carboxylic acids is 1. The van der Waals surface area contributed by atoms with Crippen LogP contribution in [0.1, 0.15) is 25.7 Å². The van der Waals surface area contributed by atoms with E-state index in [9.17, 15) is 4.79 Å². The Morgan fingerprint density at radius 2 is 2.29 bits per heavy atom. The zero-order chi connectivity index (χ0) is 10.6. The van der Waals surface area contributed by atoms with Gasteiger partial charge in [-0.05, 0) is 19.3 Å². The van der Waals surface area contributed by atoms with Crippen LogP contribution < -0.4 is 5.32 Å². The number of rotatable bonds is 5. The predicted octanol–water partition coefficient (Wildman–Crippen LogP) is 1.97. The molecule has 0 bridgehead atoms. The lowest BCUT2D eigenvalue weighted by atomic mass is 9.77. The second kappa shape index (κ2) is 4.94. The topological polar surface area (TPSA) is 38.3 Å². The minimum atomic E-state index is -0.183. The molecular weight excluding hydrogens is 246 g/mol. The van der Waals surface area contributed by atoms with Crippen LogP contribution in [-0.4, -0.2) is 25.2 Å². The molecule has 80 valence electrons. The molecule has 1 saturated carbocycles. The van der Waals surface area contributed by atoms with Gasteiger partial charge in [0.25, 0.3) is 0 Å². The Balaban J connectivity index is 2.28. The third kappa shape index (κ3) is 3.10. The smallest absolute Gasteiger partial charge is 0.223 e. The molecule has 1 N–H and O–H groups in total. The average Bonchev–Trinajstić information content (AvgIpc) is 2.08. The van der Waals surface area contributed by atoms with Crippen molar-refractivity contribution in [3.8, 4) is 0 Å². The highest BCUT2D eigenvalue weighted by Gasteiger charge is 2.38. The number of hydrogen-bond donors (Lipinski definition) is 1. The van der Waals surface area contributed by atoms with Gasteiger partial charge in [-0.2, -0.15) is 0 Å². The number of ether oxygens (including phenoxy) is 1. The fourth-order valence-corrected chi connectivity index (χ4v) is 1.71. The fraction of sp³-hybridized carbons (Fsp3) is 0.700. The molecule has 0 aromatic carbocycles. The van der Waals surface area contributed by atoms with Crippen molar-refractivity contribution in [3.05, 3.63) is 11.1 Å². The number of nitrogens with one attached hydrogen (secondary N) is 1. The molecule has 0 unspecified atom stereocenters. The normalized spacial score (nSPS) is 18.4. The van der Waals surface area contributed by atoms with Crippen molar-refractivity contribution in [1.82, 2.24) is 5.32 Å². The van der Waals surface area contributed by atoms with Gasteiger partial charge in [0.2, 0.25) is 5.91 Å². The van der Waals surface area contributed by atoms with Crippen molar-refractivity contribution in [2.75, 3.05) is 13.7 Å². The molecule has 0 atom stereocenters. The van der Waals surface area contributed by atoms with Crippen molar-refractivity contribution in [2.45, 2.75) is 31.3 Å². The van der Waals surface area contributed by atoms with Crippen LogP contribution in [0.3, 0.4) is 0 Å². The van der Waals surface area contributed by atoms with E-state index in [-0.39, 0.29) is 11.5 Å². The maximum atomic E-state index is 11.5. The Hall–Kier alpha value is -0.350. The summed E-state index contributed by atoms with van der Waals surface area (Å²) in [6, 6.07) is 0. The third-order valence-electron chi connectivity index (χ3n) is 2.66. The van der Waals surface area contributed by atoms with Crippen LogP contribution >= 0.6 is 15.9 Å². The molecule has 1 fully saturated rings. The number of methoxy groups -OCH3 is 1. The minimum Gasteiger partial charge on any atom is -0.378 e. The van der Waals surface area contributed by atoms with Crippen molar-refractivity contribution in [1.29, 1.82) is 0 Å². The third-order valence-corrected chi connectivity index (χ3v) is 2.94. The van der Waals surface area contributed by atoms with Crippen LogP contribution in [0.2, 0.25) is 0 Å². The van der Waals surface area contributed by atoms with Crippen LogP contribution in [0, 0.1) is 0 Å². The molecule has 0 aromatic rings. The van der Waals surface area contributed by atoms with Gasteiger partial charge < -0.3 is 10.1 Å². The quantitative estimate of drug-likeness (QED) is 0.822. The summed E-state index contributed by atoms with van der Waals surface area (Å²) in [6.45, 7) is 4.13. The molecule has 1 amide bonds. The van der Waals surface area contributed by atoms with Crippen LogP contribution in [0.4, 0.5) is 0 Å². The molecule has 1 aliphatic carbocycles. The van der Waals surface area contributed by atoms with Gasteiger partial charge in [0, 0.05) is 18.1 Å². The van der Waals surface area contributed by atoms with E-state index in [0.29, 0.717) is 13.0 Å². The van der Waals surface area contributed by atoms with Gasteiger partial charge in [-0.1, -0.05) is 22.5 Å². The first-order chi connectivity index (χ1) is 6.58. The molecule has 14 heavy (non-hydrogen) atoms. The zero-order valence-electron chi connectivity index (χ0n) is 8.44. The molecule has 0 radical (unpaired) electrons. The largest absolute Gasteiger partial charge is 0.378 e. The Morgan fingerprint density at radius 3 is 2.64 bits per heavy atom. The van der Waals surface area contributed by atoms with Gasteiger partial charge >= 0.3 is 0 Å². The summed E-state index contributed by atoms with van der Waals surface area (Å²) in [6.07, 6.45) is 3.61. The average molecular weight is 262 g/mol. The highest BCUT2D eigenvalue weighted by molar-refractivity contribution is 9.11. The van der Waals surface area contributed by atoms with Crippen LogP contribution in [-0.2, 0) is 9.53 Å². The van der Waals surface area contributed by atoms with E-state index in [2.05, 4.69) is 27.8 Å². The second-order valence-corrected chi connectivity index (χ2v) is 4.83. The Bertz CT molecular complexity index is 231. The highest BCUT2D eigenvalue weighted by atomic mass is 79.9. The van der Waals surface area contributed by atoms with Crippen molar-refractivity contribution in [3.63, 3.8) is 0 Å². The molecule has 1 aliphatic rings. The first-order valence-corrected chi connectivity index (χ1v) is 5.52. The number of carbonyl (C=O) groups is 1. The first-order valence-electron chi connectivity index (χ1n) is 4.73. The summed E-state index contributed by atoms with van der Waals surface area (Å²) in [5.41, 5.74) is -0.183. The van der Waals surface area contributed by atoms with E-state index in [4.69, 9.17) is 4.74 Å². The summed E-state index contributed by atoms with van der Waals surface area (Å²) in [5.74, 6) is 0.0344. The Kier molecular flexibility index (Phi) is 4.13. The molecule has 4 heteroatoms. The zero-order valence-corrected chi connectivity index (χ0v) is 10.0. The molecule has 0 spiro atoms. The van der Waals surface area contributed by atoms with Gasteiger partial charge in [0.15, 0.2) is 0 Å². The lowest BCUT2D eigenvalue weighted by molar-refractivity contribution is -0.134. The maximum absolute atomic E-state index is 11.5. The standard InChI is InChI=1S/C10H16BrNO2/c1-8(11)7-12-9(13)6-10(14-2)4-3-5-10/h1,3-7H2,2H3,(H,12,13). The van der Waals surface area contributed by atoms with E-state index < -0.39 is 0 Å². The monoisotopic (exact) mass is 261 g/mol. The maximum Gasteiger partial charge on any atom is 0.223 e.